The van der Waals surface area contributed by atoms with Gasteiger partial charge in [0.15, 0.2) is 0 Å². The standard InChI is InChI=1S/C13H9N/c14-7-13-10-5-6-11(13)12(13)9-4-2-1-3-8(9)10/h1-6,10-12H/t10-,11+,12+,13-/m0/s1. The van der Waals surface area contributed by atoms with Crippen LogP contribution in [0.25, 0.3) is 0 Å². The molecule has 1 aromatic rings. The van der Waals surface area contributed by atoms with Crippen molar-refractivity contribution in [2.75, 3.05) is 0 Å². The lowest BCUT2D eigenvalue weighted by atomic mass is 9.90. The Balaban J connectivity index is 2.05. The molecule has 1 aromatic carbocycles. The number of rotatable bonds is 0. The highest BCUT2D eigenvalue weighted by Crippen LogP contribution is 2.79. The third-order valence-electron chi connectivity index (χ3n) is 4.20. The summed E-state index contributed by atoms with van der Waals surface area (Å²) in [6.45, 7) is 0. The maximum atomic E-state index is 9.33. The first kappa shape index (κ1) is 6.84. The molecule has 0 bridgehead atoms. The predicted octanol–water partition coefficient (Wildman–Crippen LogP) is 2.58. The van der Waals surface area contributed by atoms with Crippen molar-refractivity contribution in [2.24, 2.45) is 11.3 Å². The largest absolute Gasteiger partial charge is 0.198 e. The predicted molar refractivity (Wildman–Crippen MR) is 52.6 cm³/mol. The van der Waals surface area contributed by atoms with Gasteiger partial charge in [0.25, 0.3) is 0 Å². The van der Waals surface area contributed by atoms with Gasteiger partial charge in [0, 0.05) is 17.8 Å². The summed E-state index contributed by atoms with van der Waals surface area (Å²) in [6.07, 6.45) is 4.48. The van der Waals surface area contributed by atoms with E-state index in [1.807, 2.05) is 0 Å². The number of hydrogen-bond donors (Lipinski definition) is 0. The number of nitriles is 1. The first-order valence-corrected chi connectivity index (χ1v) is 5.08. The maximum absolute atomic E-state index is 9.33. The Morgan fingerprint density at radius 2 is 1.93 bits per heavy atom. The summed E-state index contributed by atoms with van der Waals surface area (Å²) in [5.74, 6) is 1.42. The number of benzene rings is 1. The van der Waals surface area contributed by atoms with E-state index in [-0.39, 0.29) is 5.41 Å². The SMILES string of the molecule is N#C[C@@]12[C@@H]3C=C[C@H]1c1ccccc1[C@H]32. The first-order chi connectivity index (χ1) is 6.89. The summed E-state index contributed by atoms with van der Waals surface area (Å²) >= 11 is 0. The molecule has 0 aromatic heterocycles. The summed E-state index contributed by atoms with van der Waals surface area (Å²) in [6, 6.07) is 11.1. The monoisotopic (exact) mass is 179 g/mol. The zero-order valence-electron chi connectivity index (χ0n) is 7.64. The number of hydrogen-bond acceptors (Lipinski definition) is 1. The molecule has 0 unspecified atom stereocenters. The van der Waals surface area contributed by atoms with E-state index in [1.54, 1.807) is 0 Å². The van der Waals surface area contributed by atoms with Crippen molar-refractivity contribution >= 4 is 0 Å². The fourth-order valence-electron chi connectivity index (χ4n) is 3.60. The van der Waals surface area contributed by atoms with Crippen LogP contribution in [0.15, 0.2) is 36.4 Å². The van der Waals surface area contributed by atoms with E-state index in [1.165, 1.54) is 11.1 Å². The van der Waals surface area contributed by atoms with Gasteiger partial charge in [0.05, 0.1) is 11.5 Å². The highest BCUT2D eigenvalue weighted by molar-refractivity contribution is 5.61. The molecule has 3 aliphatic rings. The number of fused-ring (bicyclic) bond motifs is 4. The van der Waals surface area contributed by atoms with E-state index >= 15 is 0 Å². The Hall–Kier alpha value is -1.55. The molecule has 1 nitrogen and oxygen atoms in total. The molecule has 0 aliphatic heterocycles. The Bertz CT molecular complexity index is 508. The van der Waals surface area contributed by atoms with Crippen molar-refractivity contribution < 1.29 is 0 Å². The van der Waals surface area contributed by atoms with Gasteiger partial charge in [-0.2, -0.15) is 5.26 Å². The van der Waals surface area contributed by atoms with Gasteiger partial charge in [-0.25, -0.2) is 0 Å². The molecular formula is C13H9N. The normalized spacial score (nSPS) is 44.4. The van der Waals surface area contributed by atoms with Crippen LogP contribution in [0, 0.1) is 22.7 Å². The van der Waals surface area contributed by atoms with Crippen molar-refractivity contribution in [3.63, 3.8) is 0 Å². The molecule has 4 atom stereocenters. The molecular weight excluding hydrogens is 170 g/mol. The van der Waals surface area contributed by atoms with Gasteiger partial charge in [-0.05, 0) is 11.1 Å². The summed E-state index contributed by atoms with van der Waals surface area (Å²) in [5, 5.41) is 9.33. The molecule has 0 amide bonds. The summed E-state index contributed by atoms with van der Waals surface area (Å²) in [4.78, 5) is 0. The molecule has 0 spiro atoms. The van der Waals surface area contributed by atoms with Crippen LogP contribution in [0.1, 0.15) is 23.0 Å². The fraction of sp³-hybridized carbons (Fsp3) is 0.308. The fourth-order valence-corrected chi connectivity index (χ4v) is 3.60. The first-order valence-electron chi connectivity index (χ1n) is 5.08. The third kappa shape index (κ3) is 0.452. The average molecular weight is 179 g/mol. The number of nitrogens with zero attached hydrogens (tertiary/aromatic N) is 1. The van der Waals surface area contributed by atoms with E-state index in [0.29, 0.717) is 17.8 Å². The average Bonchev–Trinajstić information content (AvgIpc) is 2.67. The minimum absolute atomic E-state index is 0.0658. The minimum atomic E-state index is -0.0658. The van der Waals surface area contributed by atoms with Crippen molar-refractivity contribution in [1.82, 2.24) is 0 Å². The zero-order valence-corrected chi connectivity index (χ0v) is 7.64. The van der Waals surface area contributed by atoms with E-state index < -0.39 is 0 Å². The van der Waals surface area contributed by atoms with Crippen molar-refractivity contribution in [1.29, 1.82) is 5.26 Å². The second kappa shape index (κ2) is 1.79. The maximum Gasteiger partial charge on any atom is 0.0820 e. The Labute approximate surface area is 82.7 Å². The molecule has 0 N–H and O–H groups in total. The lowest BCUT2D eigenvalue weighted by molar-refractivity contribution is 0.600. The minimum Gasteiger partial charge on any atom is -0.198 e. The van der Waals surface area contributed by atoms with Gasteiger partial charge in [-0.15, -0.1) is 0 Å². The van der Waals surface area contributed by atoms with Crippen LogP contribution in [-0.2, 0) is 0 Å². The van der Waals surface area contributed by atoms with Crippen LogP contribution in [-0.4, -0.2) is 0 Å². The molecule has 1 saturated carbocycles. The van der Waals surface area contributed by atoms with Gasteiger partial charge in [0.2, 0.25) is 0 Å². The quantitative estimate of drug-likeness (QED) is 0.561. The lowest BCUT2D eigenvalue weighted by Gasteiger charge is -2.11. The Morgan fingerprint density at radius 3 is 2.71 bits per heavy atom. The number of allylic oxidation sites excluding steroid dienone is 2. The Morgan fingerprint density at radius 1 is 1.14 bits per heavy atom. The van der Waals surface area contributed by atoms with Crippen molar-refractivity contribution in [3.05, 3.63) is 47.5 Å². The van der Waals surface area contributed by atoms with Crippen LogP contribution in [0.5, 0.6) is 0 Å². The van der Waals surface area contributed by atoms with Crippen molar-refractivity contribution in [3.8, 4) is 6.07 Å². The van der Waals surface area contributed by atoms with Gasteiger partial charge < -0.3 is 0 Å². The van der Waals surface area contributed by atoms with Crippen LogP contribution in [0.2, 0.25) is 0 Å². The molecule has 0 radical (unpaired) electrons. The van der Waals surface area contributed by atoms with Gasteiger partial charge in [0.1, 0.15) is 0 Å². The van der Waals surface area contributed by atoms with Crippen LogP contribution in [0.3, 0.4) is 0 Å². The lowest BCUT2D eigenvalue weighted by Crippen LogP contribution is -2.05. The van der Waals surface area contributed by atoms with Gasteiger partial charge in [-0.3, -0.25) is 0 Å². The molecule has 4 rings (SSSR count). The molecule has 3 aliphatic carbocycles. The highest BCUT2D eigenvalue weighted by atomic mass is 14.8. The summed E-state index contributed by atoms with van der Waals surface area (Å²) in [5.41, 5.74) is 2.75. The smallest absolute Gasteiger partial charge is 0.0820 e. The van der Waals surface area contributed by atoms with Crippen LogP contribution < -0.4 is 0 Å². The van der Waals surface area contributed by atoms with E-state index in [2.05, 4.69) is 42.5 Å². The van der Waals surface area contributed by atoms with E-state index in [9.17, 15) is 5.26 Å². The second-order valence-corrected chi connectivity index (χ2v) is 4.54. The second-order valence-electron chi connectivity index (χ2n) is 4.54. The van der Waals surface area contributed by atoms with Gasteiger partial charge >= 0.3 is 0 Å². The van der Waals surface area contributed by atoms with Crippen LogP contribution in [0.4, 0.5) is 0 Å². The highest BCUT2D eigenvalue weighted by Gasteiger charge is 2.74. The van der Waals surface area contributed by atoms with E-state index in [0.717, 1.165) is 0 Å². The zero-order chi connectivity index (χ0) is 9.34. The summed E-state index contributed by atoms with van der Waals surface area (Å²) in [7, 11) is 0. The molecule has 66 valence electrons. The molecule has 0 heterocycles. The molecule has 1 fully saturated rings. The third-order valence-corrected chi connectivity index (χ3v) is 4.20. The molecule has 0 saturated heterocycles. The molecule has 14 heavy (non-hydrogen) atoms. The van der Waals surface area contributed by atoms with Crippen molar-refractivity contribution in [2.45, 2.75) is 11.8 Å². The van der Waals surface area contributed by atoms with Crippen LogP contribution >= 0.6 is 0 Å². The Kier molecular flexibility index (Phi) is 0.873. The van der Waals surface area contributed by atoms with Gasteiger partial charge in [-0.1, -0.05) is 36.4 Å². The molecule has 1 heteroatoms. The van der Waals surface area contributed by atoms with E-state index in [4.69, 9.17) is 0 Å². The topological polar surface area (TPSA) is 23.8 Å². The summed E-state index contributed by atoms with van der Waals surface area (Å²) < 4.78 is 0.